The Morgan fingerprint density at radius 1 is 0.717 bits per heavy atom. The zero-order valence-electron chi connectivity index (χ0n) is 35.4. The Balaban J connectivity index is 1.38. The van der Waals surface area contributed by atoms with Crippen molar-refractivity contribution < 1.29 is 52.5 Å². The molecule has 16 nitrogen and oxygen atoms in total. The molecule has 1 heterocycles. The third-order valence-electron chi connectivity index (χ3n) is 10.0. The van der Waals surface area contributed by atoms with Crippen LogP contribution in [0.4, 0.5) is 4.79 Å². The van der Waals surface area contributed by atoms with Gasteiger partial charge in [-0.25, -0.2) is 9.59 Å². The molecule has 0 bridgehead atoms. The first-order valence-electron chi connectivity index (χ1n) is 20.8. The summed E-state index contributed by atoms with van der Waals surface area (Å²) in [6, 6.07) is 12.6. The summed E-state index contributed by atoms with van der Waals surface area (Å²) < 4.78 is 22.2. The monoisotopic (exact) mass is 835 g/mol. The van der Waals surface area contributed by atoms with Crippen LogP contribution in [0.15, 0.2) is 60.7 Å². The fraction of sp³-hybridized carbons (Fsp3) is 0.568. The summed E-state index contributed by atoms with van der Waals surface area (Å²) in [6.07, 6.45) is 4.13. The molecule has 60 heavy (non-hydrogen) atoms. The van der Waals surface area contributed by atoms with E-state index in [0.29, 0.717) is 6.42 Å². The van der Waals surface area contributed by atoms with Crippen molar-refractivity contribution in [1.29, 1.82) is 0 Å². The van der Waals surface area contributed by atoms with E-state index in [9.17, 15) is 33.6 Å². The molecule has 1 aliphatic heterocycles. The molecule has 1 saturated carbocycles. The smallest absolute Gasteiger partial charge is 0.408 e. The Kier molecular flexibility index (Phi) is 18.3. The Hall–Kier alpha value is -5.51. The topological polar surface area (TPSA) is 208 Å². The third-order valence-corrected chi connectivity index (χ3v) is 10.0. The summed E-state index contributed by atoms with van der Waals surface area (Å²) in [6.45, 7) is 8.02. The molecule has 0 spiro atoms. The maximum atomic E-state index is 14.0. The van der Waals surface area contributed by atoms with E-state index in [2.05, 4.69) is 21.3 Å². The number of alkyl carbamates (subject to hydrolysis) is 1. The van der Waals surface area contributed by atoms with Gasteiger partial charge in [0, 0.05) is 13.0 Å². The first kappa shape index (κ1) is 47.2. The number of carbonyl (C=O) groups is 7. The van der Waals surface area contributed by atoms with Gasteiger partial charge in [0.15, 0.2) is 0 Å². The van der Waals surface area contributed by atoms with Crippen molar-refractivity contribution in [2.24, 2.45) is 0 Å². The number of nitrogens with one attached hydrogen (secondary N) is 4. The molecule has 2 aromatic rings. The molecular weight excluding hydrogens is 775 g/mol. The first-order chi connectivity index (χ1) is 28.6. The summed E-state index contributed by atoms with van der Waals surface area (Å²) in [5, 5.41) is 10.4. The molecule has 4 N–H and O–H groups in total. The number of nitrogens with zero attached hydrogens (tertiary/aromatic N) is 1. The van der Waals surface area contributed by atoms with Gasteiger partial charge in [-0.2, -0.15) is 0 Å². The first-order valence-corrected chi connectivity index (χ1v) is 20.8. The van der Waals surface area contributed by atoms with Gasteiger partial charge in [-0.1, -0.05) is 67.1 Å². The number of benzene rings is 2. The highest BCUT2D eigenvalue weighted by atomic mass is 16.6. The maximum absolute atomic E-state index is 14.0. The fourth-order valence-corrected chi connectivity index (χ4v) is 6.85. The molecule has 1 saturated heterocycles. The predicted octanol–water partition coefficient (Wildman–Crippen LogP) is 3.98. The molecule has 328 valence electrons. The summed E-state index contributed by atoms with van der Waals surface area (Å²) in [7, 11) is 0. The largest absolute Gasteiger partial charge is 0.462 e. The van der Waals surface area contributed by atoms with Crippen molar-refractivity contribution in [1.82, 2.24) is 26.2 Å². The van der Waals surface area contributed by atoms with Gasteiger partial charge in [0.05, 0.1) is 13.2 Å². The van der Waals surface area contributed by atoms with Crippen LogP contribution < -0.4 is 21.3 Å². The Bertz CT molecular complexity index is 1750. The number of likely N-dealkylation sites (tertiary alicyclic amines) is 1. The van der Waals surface area contributed by atoms with E-state index in [0.717, 1.165) is 43.2 Å². The molecule has 0 unspecified atom stereocenters. The van der Waals surface area contributed by atoms with Crippen LogP contribution in [0.25, 0.3) is 0 Å². The highest BCUT2D eigenvalue weighted by molar-refractivity contribution is 5.96. The van der Waals surface area contributed by atoms with E-state index in [-0.39, 0.29) is 51.7 Å². The number of rotatable bonds is 19. The van der Waals surface area contributed by atoms with Crippen molar-refractivity contribution in [3.8, 4) is 0 Å². The van der Waals surface area contributed by atoms with E-state index < -0.39 is 77.5 Å². The zero-order valence-corrected chi connectivity index (χ0v) is 35.4. The van der Waals surface area contributed by atoms with E-state index in [4.69, 9.17) is 18.9 Å². The lowest BCUT2D eigenvalue weighted by molar-refractivity contribution is -0.151. The van der Waals surface area contributed by atoms with E-state index in [1.54, 1.807) is 32.9 Å². The Labute approximate surface area is 352 Å². The van der Waals surface area contributed by atoms with Crippen LogP contribution in [0, 0.1) is 0 Å². The normalized spacial score (nSPS) is 17.6. The summed E-state index contributed by atoms with van der Waals surface area (Å²) >= 11 is 0. The number of hydrogen-bond donors (Lipinski definition) is 4. The Morgan fingerprint density at radius 2 is 1.35 bits per heavy atom. The van der Waals surface area contributed by atoms with Crippen LogP contribution >= 0.6 is 0 Å². The zero-order chi connectivity index (χ0) is 43.7. The van der Waals surface area contributed by atoms with Gasteiger partial charge >= 0.3 is 18.0 Å². The molecule has 2 aliphatic rings. The average molecular weight is 836 g/mol. The molecule has 2 aromatic carbocycles. The SMILES string of the molecule is C[C@@H](NC(=O)[C@@H]1CCCN1C(=O)[C@@H](CCC(=O)OC1CCCCC1)NC(=O)OC(C)(C)C)C(=O)N[C@@H](COCc1ccccc1)C(=O)N[C@H](C)C(=O)OCc1ccccc1. The van der Waals surface area contributed by atoms with Crippen molar-refractivity contribution >= 4 is 41.7 Å². The number of amides is 5. The van der Waals surface area contributed by atoms with Gasteiger partial charge in [0.2, 0.25) is 23.6 Å². The quantitative estimate of drug-likeness (QED) is 0.118. The molecule has 1 aliphatic carbocycles. The molecule has 0 aromatic heterocycles. The summed E-state index contributed by atoms with van der Waals surface area (Å²) in [5.41, 5.74) is 0.749. The van der Waals surface area contributed by atoms with Crippen LogP contribution in [0.2, 0.25) is 0 Å². The fourth-order valence-electron chi connectivity index (χ4n) is 6.85. The minimum Gasteiger partial charge on any atom is -0.462 e. The van der Waals surface area contributed by atoms with Gasteiger partial charge in [0.25, 0.3) is 0 Å². The molecule has 16 heteroatoms. The predicted molar refractivity (Wildman–Crippen MR) is 220 cm³/mol. The average Bonchev–Trinajstić information content (AvgIpc) is 3.72. The lowest BCUT2D eigenvalue weighted by atomic mass is 9.98. The lowest BCUT2D eigenvalue weighted by Gasteiger charge is -2.30. The summed E-state index contributed by atoms with van der Waals surface area (Å²) in [5.74, 6) is -3.78. The van der Waals surface area contributed by atoms with E-state index in [1.807, 2.05) is 48.5 Å². The molecule has 5 amide bonds. The van der Waals surface area contributed by atoms with Gasteiger partial charge in [-0.3, -0.25) is 24.0 Å². The van der Waals surface area contributed by atoms with Crippen molar-refractivity contribution in [3.05, 3.63) is 71.8 Å². The van der Waals surface area contributed by atoms with E-state index in [1.165, 1.54) is 18.7 Å². The van der Waals surface area contributed by atoms with Crippen LogP contribution in [0.5, 0.6) is 0 Å². The second-order valence-corrected chi connectivity index (χ2v) is 16.3. The van der Waals surface area contributed by atoms with Crippen molar-refractivity contribution in [2.75, 3.05) is 13.2 Å². The van der Waals surface area contributed by atoms with Gasteiger partial charge in [0.1, 0.15) is 48.5 Å². The lowest BCUT2D eigenvalue weighted by Crippen LogP contribution is -2.58. The molecular formula is C44H61N5O11. The number of hydrogen-bond acceptors (Lipinski definition) is 11. The van der Waals surface area contributed by atoms with Gasteiger partial charge in [-0.15, -0.1) is 0 Å². The molecule has 2 fully saturated rings. The standard InChI is InChI=1S/C44H61N5O11/c1-29(38(51)47-35(28-57-26-31-16-9-6-10-17-31)39(52)46-30(2)42(55)58-27-32-18-11-7-12-19-32)45-40(53)36-22-15-25-49(36)41(54)34(48-43(56)60-44(3,4)5)23-24-37(50)59-33-20-13-8-14-21-33/h6-7,9-12,16-19,29-30,33-36H,8,13-15,20-28H2,1-5H3,(H,45,53)(H,46,52)(H,47,51)(H,48,56)/t29-,30-,34-,35+,36+/m1/s1. The third kappa shape index (κ3) is 15.9. The van der Waals surface area contributed by atoms with Crippen LogP contribution in [0.1, 0.15) is 104 Å². The number of ether oxygens (including phenoxy) is 4. The van der Waals surface area contributed by atoms with Crippen molar-refractivity contribution in [2.45, 2.75) is 148 Å². The number of esters is 2. The second kappa shape index (κ2) is 23.3. The van der Waals surface area contributed by atoms with Crippen molar-refractivity contribution in [3.63, 3.8) is 0 Å². The maximum Gasteiger partial charge on any atom is 0.408 e. The van der Waals surface area contributed by atoms with Gasteiger partial charge < -0.3 is 45.1 Å². The van der Waals surface area contributed by atoms with Crippen LogP contribution in [-0.2, 0) is 60.9 Å². The molecule has 0 radical (unpaired) electrons. The van der Waals surface area contributed by atoms with E-state index >= 15 is 0 Å². The van der Waals surface area contributed by atoms with Gasteiger partial charge in [-0.05, 0) is 90.7 Å². The molecule has 5 atom stereocenters. The van der Waals surface area contributed by atoms with Crippen LogP contribution in [0.3, 0.4) is 0 Å². The Morgan fingerprint density at radius 3 is 1.98 bits per heavy atom. The number of carbonyl (C=O) groups excluding carboxylic acids is 7. The highest BCUT2D eigenvalue weighted by Crippen LogP contribution is 2.23. The molecule has 4 rings (SSSR count). The minimum atomic E-state index is -1.26. The summed E-state index contributed by atoms with van der Waals surface area (Å²) in [4.78, 5) is 94.4. The second-order valence-electron chi connectivity index (χ2n) is 16.3. The highest BCUT2D eigenvalue weighted by Gasteiger charge is 2.39. The minimum absolute atomic E-state index is 0.0113. The van der Waals surface area contributed by atoms with Crippen LogP contribution in [-0.4, -0.2) is 102 Å².